The lowest BCUT2D eigenvalue weighted by molar-refractivity contribution is -0.143. The number of ketones is 1. The van der Waals surface area contributed by atoms with Gasteiger partial charge in [0.2, 0.25) is 0 Å². The van der Waals surface area contributed by atoms with Crippen LogP contribution >= 0.6 is 0 Å². The van der Waals surface area contributed by atoms with Crippen LogP contribution in [0.1, 0.15) is 29.6 Å². The molecule has 0 bridgehead atoms. The molecule has 0 radical (unpaired) electrons. The molecule has 1 atom stereocenters. The molecule has 1 heterocycles. The number of fused-ring (bicyclic) bond motifs is 1. The molecular formula is C17H17NO5. The standard InChI is InChI=1S/C17H17NO5/c19-14(9-23-17(21)7-11-3-1-2-4-11)12-5-6-15-13(8-12)18-16(20)10-22-15/h1,3,5-6,8,11H,2,4,7,9-10H2,(H,18,20)/t11-/m0/s1. The van der Waals surface area contributed by atoms with E-state index in [1.165, 1.54) is 6.07 Å². The van der Waals surface area contributed by atoms with Gasteiger partial charge in [-0.25, -0.2) is 0 Å². The number of benzene rings is 1. The lowest BCUT2D eigenvalue weighted by Gasteiger charge is -2.18. The van der Waals surface area contributed by atoms with Gasteiger partial charge in [-0.3, -0.25) is 14.4 Å². The maximum atomic E-state index is 12.1. The molecule has 0 aromatic heterocycles. The van der Waals surface area contributed by atoms with E-state index >= 15 is 0 Å². The topological polar surface area (TPSA) is 81.7 Å². The van der Waals surface area contributed by atoms with Gasteiger partial charge in [0.1, 0.15) is 5.75 Å². The number of hydrogen-bond donors (Lipinski definition) is 1. The first-order valence-corrected chi connectivity index (χ1v) is 7.54. The van der Waals surface area contributed by atoms with Crippen molar-refractivity contribution in [3.8, 4) is 5.75 Å². The Morgan fingerprint density at radius 1 is 1.35 bits per heavy atom. The van der Waals surface area contributed by atoms with Crippen LogP contribution in [0.5, 0.6) is 5.75 Å². The van der Waals surface area contributed by atoms with Crippen molar-refractivity contribution in [2.24, 2.45) is 5.92 Å². The number of ether oxygens (including phenoxy) is 2. The first kappa shape index (κ1) is 15.3. The van der Waals surface area contributed by atoms with Crippen molar-refractivity contribution < 1.29 is 23.9 Å². The van der Waals surface area contributed by atoms with Crippen molar-refractivity contribution in [2.45, 2.75) is 19.3 Å². The molecule has 1 aliphatic heterocycles. The lowest BCUT2D eigenvalue weighted by atomic mass is 10.1. The average Bonchev–Trinajstić information content (AvgIpc) is 3.04. The fourth-order valence-electron chi connectivity index (χ4n) is 2.62. The Labute approximate surface area is 133 Å². The summed E-state index contributed by atoms with van der Waals surface area (Å²) >= 11 is 0. The molecule has 23 heavy (non-hydrogen) atoms. The third-order valence-electron chi connectivity index (χ3n) is 3.84. The van der Waals surface area contributed by atoms with Crippen molar-refractivity contribution in [1.82, 2.24) is 0 Å². The van der Waals surface area contributed by atoms with Crippen LogP contribution in [0.3, 0.4) is 0 Å². The highest BCUT2D eigenvalue weighted by Crippen LogP contribution is 2.28. The number of allylic oxidation sites excluding steroid dienone is 2. The summed E-state index contributed by atoms with van der Waals surface area (Å²) in [5, 5.41) is 2.64. The molecule has 0 unspecified atom stereocenters. The summed E-state index contributed by atoms with van der Waals surface area (Å²) in [5.41, 5.74) is 0.817. The molecule has 2 aliphatic rings. The molecule has 0 saturated heterocycles. The summed E-state index contributed by atoms with van der Waals surface area (Å²) in [6.45, 7) is -0.337. The van der Waals surface area contributed by atoms with Crippen LogP contribution in [0.15, 0.2) is 30.4 Å². The number of nitrogens with one attached hydrogen (secondary N) is 1. The number of carbonyl (C=O) groups is 3. The third-order valence-corrected chi connectivity index (χ3v) is 3.84. The largest absolute Gasteiger partial charge is 0.482 e. The van der Waals surface area contributed by atoms with Crippen molar-refractivity contribution in [3.05, 3.63) is 35.9 Å². The zero-order chi connectivity index (χ0) is 16.2. The highest BCUT2D eigenvalue weighted by atomic mass is 16.5. The zero-order valence-corrected chi connectivity index (χ0v) is 12.5. The van der Waals surface area contributed by atoms with Gasteiger partial charge in [-0.05, 0) is 37.0 Å². The maximum Gasteiger partial charge on any atom is 0.306 e. The average molecular weight is 315 g/mol. The van der Waals surface area contributed by atoms with E-state index in [0.29, 0.717) is 23.4 Å². The molecule has 0 saturated carbocycles. The number of hydrogen-bond acceptors (Lipinski definition) is 5. The van der Waals surface area contributed by atoms with Gasteiger partial charge in [0, 0.05) is 5.56 Å². The molecule has 1 amide bonds. The second kappa shape index (κ2) is 6.64. The van der Waals surface area contributed by atoms with Gasteiger partial charge in [0.25, 0.3) is 5.91 Å². The number of amides is 1. The van der Waals surface area contributed by atoms with E-state index in [9.17, 15) is 14.4 Å². The molecule has 1 aromatic rings. The molecule has 0 spiro atoms. The minimum atomic E-state index is -0.371. The van der Waals surface area contributed by atoms with Gasteiger partial charge in [-0.2, -0.15) is 0 Å². The summed E-state index contributed by atoms with van der Waals surface area (Å²) < 4.78 is 10.3. The van der Waals surface area contributed by atoms with E-state index < -0.39 is 0 Å². The third kappa shape index (κ3) is 3.77. The Bertz CT molecular complexity index is 680. The summed E-state index contributed by atoms with van der Waals surface area (Å²) in [6, 6.07) is 4.74. The van der Waals surface area contributed by atoms with Crippen LogP contribution in [0.25, 0.3) is 0 Å². The first-order chi connectivity index (χ1) is 11.1. The van der Waals surface area contributed by atoms with Crippen molar-refractivity contribution in [2.75, 3.05) is 18.5 Å². The van der Waals surface area contributed by atoms with Crippen LogP contribution in [0.2, 0.25) is 0 Å². The molecule has 0 fully saturated rings. The van der Waals surface area contributed by atoms with Crippen molar-refractivity contribution in [1.29, 1.82) is 0 Å². The van der Waals surface area contributed by atoms with Gasteiger partial charge in [-0.1, -0.05) is 12.2 Å². The molecule has 1 aliphatic carbocycles. The normalized spacial score (nSPS) is 18.8. The van der Waals surface area contributed by atoms with Crippen LogP contribution in [-0.4, -0.2) is 30.9 Å². The Hall–Kier alpha value is -2.63. The fourth-order valence-corrected chi connectivity index (χ4v) is 2.62. The van der Waals surface area contributed by atoms with Gasteiger partial charge < -0.3 is 14.8 Å². The number of esters is 1. The number of carbonyl (C=O) groups excluding carboxylic acids is 3. The zero-order valence-electron chi connectivity index (χ0n) is 12.5. The molecule has 1 N–H and O–H groups in total. The smallest absolute Gasteiger partial charge is 0.306 e. The fraction of sp³-hybridized carbons (Fsp3) is 0.353. The van der Waals surface area contributed by atoms with E-state index in [-0.39, 0.29) is 36.8 Å². The highest BCUT2D eigenvalue weighted by molar-refractivity contribution is 6.01. The van der Waals surface area contributed by atoms with Crippen LogP contribution in [0, 0.1) is 5.92 Å². The predicted octanol–water partition coefficient (Wildman–Crippen LogP) is 2.10. The second-order valence-electron chi connectivity index (χ2n) is 5.60. The van der Waals surface area contributed by atoms with Gasteiger partial charge in [0.05, 0.1) is 12.1 Å². The summed E-state index contributed by atoms with van der Waals surface area (Å²) in [4.78, 5) is 35.1. The molecule has 120 valence electrons. The minimum absolute atomic E-state index is 0.0342. The second-order valence-corrected chi connectivity index (χ2v) is 5.60. The Morgan fingerprint density at radius 2 is 2.22 bits per heavy atom. The van der Waals surface area contributed by atoms with E-state index in [0.717, 1.165) is 12.8 Å². The predicted molar refractivity (Wildman–Crippen MR) is 82.3 cm³/mol. The van der Waals surface area contributed by atoms with E-state index in [2.05, 4.69) is 5.32 Å². The Morgan fingerprint density at radius 3 is 3.00 bits per heavy atom. The molecule has 1 aromatic carbocycles. The quantitative estimate of drug-likeness (QED) is 0.511. The Kier molecular flexibility index (Phi) is 4.41. The van der Waals surface area contributed by atoms with Crippen LogP contribution in [-0.2, 0) is 14.3 Å². The Balaban J connectivity index is 1.55. The van der Waals surface area contributed by atoms with Gasteiger partial charge in [-0.15, -0.1) is 0 Å². The number of rotatable bonds is 5. The summed E-state index contributed by atoms with van der Waals surface area (Å²) in [5.74, 6) is -0.217. The van der Waals surface area contributed by atoms with Crippen LogP contribution in [0.4, 0.5) is 5.69 Å². The van der Waals surface area contributed by atoms with E-state index in [1.54, 1.807) is 12.1 Å². The SMILES string of the molecule is O=C1COc2ccc(C(=O)COC(=O)C[C@H]3C=CCC3)cc2N1. The van der Waals surface area contributed by atoms with Crippen molar-refractivity contribution >= 4 is 23.3 Å². The highest BCUT2D eigenvalue weighted by Gasteiger charge is 2.19. The van der Waals surface area contributed by atoms with Gasteiger partial charge in [0.15, 0.2) is 19.0 Å². The van der Waals surface area contributed by atoms with Gasteiger partial charge >= 0.3 is 5.97 Å². The van der Waals surface area contributed by atoms with Crippen LogP contribution < -0.4 is 10.1 Å². The molecular weight excluding hydrogens is 298 g/mol. The summed E-state index contributed by atoms with van der Waals surface area (Å²) in [6.07, 6.45) is 6.30. The summed E-state index contributed by atoms with van der Waals surface area (Å²) in [7, 11) is 0. The number of Topliss-reactive ketones (excluding diaryl/α,β-unsaturated/α-hetero) is 1. The van der Waals surface area contributed by atoms with Crippen molar-refractivity contribution in [3.63, 3.8) is 0 Å². The molecule has 6 nitrogen and oxygen atoms in total. The number of anilines is 1. The molecule has 6 heteroatoms. The lowest BCUT2D eigenvalue weighted by Crippen LogP contribution is -2.25. The van der Waals surface area contributed by atoms with E-state index in [4.69, 9.17) is 9.47 Å². The maximum absolute atomic E-state index is 12.1. The minimum Gasteiger partial charge on any atom is -0.482 e. The van der Waals surface area contributed by atoms with E-state index in [1.807, 2.05) is 12.2 Å². The first-order valence-electron chi connectivity index (χ1n) is 7.54. The molecule has 3 rings (SSSR count). The monoisotopic (exact) mass is 315 g/mol.